The fraction of sp³-hybridized carbons (Fsp3) is 0.462. The van der Waals surface area contributed by atoms with Crippen molar-refractivity contribution in [3.63, 3.8) is 0 Å². The van der Waals surface area contributed by atoms with E-state index in [4.69, 9.17) is 11.6 Å². The first-order valence-corrected chi connectivity index (χ1v) is 5.99. The van der Waals surface area contributed by atoms with Crippen molar-refractivity contribution in [2.75, 3.05) is 6.54 Å². The second kappa shape index (κ2) is 6.36. The summed E-state index contributed by atoms with van der Waals surface area (Å²) in [5.74, 6) is 5.58. The third-order valence-corrected chi connectivity index (χ3v) is 2.52. The summed E-state index contributed by atoms with van der Waals surface area (Å²) in [5, 5.41) is 3.40. The van der Waals surface area contributed by atoms with E-state index in [0.29, 0.717) is 23.7 Å². The molecule has 1 rings (SSSR count). The number of nitrogens with one attached hydrogen (secondary N) is 1. The first-order valence-electron chi connectivity index (χ1n) is 5.61. The minimum atomic E-state index is -0.108. The quantitative estimate of drug-likeness (QED) is 0.649. The predicted molar refractivity (Wildman–Crippen MR) is 70.2 cm³/mol. The molecule has 0 atom stereocenters. The van der Waals surface area contributed by atoms with Gasteiger partial charge in [0.1, 0.15) is 5.69 Å². The molecule has 0 aliphatic rings. The van der Waals surface area contributed by atoms with Gasteiger partial charge < -0.3 is 9.88 Å². The molecule has 92 valence electrons. The average Bonchev–Trinajstić information content (AvgIpc) is 2.66. The molecule has 1 amide bonds. The summed E-state index contributed by atoms with van der Waals surface area (Å²) in [5.41, 5.74) is 0.592. The van der Waals surface area contributed by atoms with E-state index in [-0.39, 0.29) is 11.9 Å². The first-order chi connectivity index (χ1) is 8.06. The highest BCUT2D eigenvalue weighted by atomic mass is 35.5. The zero-order valence-corrected chi connectivity index (χ0v) is 11.1. The Morgan fingerprint density at radius 3 is 2.88 bits per heavy atom. The van der Waals surface area contributed by atoms with Crippen LogP contribution in [0, 0.1) is 11.8 Å². The molecule has 0 aliphatic carbocycles. The van der Waals surface area contributed by atoms with E-state index >= 15 is 0 Å². The van der Waals surface area contributed by atoms with Crippen molar-refractivity contribution in [1.29, 1.82) is 0 Å². The molecule has 0 aromatic carbocycles. The first kappa shape index (κ1) is 13.7. The highest BCUT2D eigenvalue weighted by molar-refractivity contribution is 6.31. The van der Waals surface area contributed by atoms with Crippen molar-refractivity contribution in [2.45, 2.75) is 33.2 Å². The van der Waals surface area contributed by atoms with Crippen LogP contribution < -0.4 is 5.32 Å². The van der Waals surface area contributed by atoms with Gasteiger partial charge in [0.25, 0.3) is 5.91 Å². The number of hydrogen-bond donors (Lipinski definition) is 1. The largest absolute Gasteiger partial charge is 0.350 e. The molecule has 1 N–H and O–H groups in total. The standard InChI is InChI=1S/C13H17ClN2O/c1-4-5-6-7-15-13(17)12-8-11(14)9-16(12)10(2)3/h8-10H,6-7H2,1-3H3,(H,15,17). The van der Waals surface area contributed by atoms with Gasteiger partial charge >= 0.3 is 0 Å². The molecule has 0 bridgehead atoms. The Morgan fingerprint density at radius 2 is 2.29 bits per heavy atom. The maximum Gasteiger partial charge on any atom is 0.268 e. The van der Waals surface area contributed by atoms with Gasteiger partial charge in [-0.1, -0.05) is 11.6 Å². The van der Waals surface area contributed by atoms with E-state index in [2.05, 4.69) is 17.2 Å². The Bertz CT molecular complexity index is 452. The monoisotopic (exact) mass is 252 g/mol. The second-order valence-electron chi connectivity index (χ2n) is 3.98. The van der Waals surface area contributed by atoms with Crippen LogP contribution in [0.1, 0.15) is 43.7 Å². The molecule has 0 radical (unpaired) electrons. The fourth-order valence-electron chi connectivity index (χ4n) is 1.51. The van der Waals surface area contributed by atoms with Crippen LogP contribution in [0.2, 0.25) is 5.02 Å². The number of amides is 1. The van der Waals surface area contributed by atoms with Gasteiger partial charge in [-0.15, -0.1) is 11.8 Å². The van der Waals surface area contributed by atoms with Crippen LogP contribution in [0.5, 0.6) is 0 Å². The molecule has 1 aromatic rings. The molecule has 0 spiro atoms. The maximum atomic E-state index is 11.9. The summed E-state index contributed by atoms with van der Waals surface area (Å²) < 4.78 is 1.86. The van der Waals surface area contributed by atoms with Crippen molar-refractivity contribution in [2.24, 2.45) is 0 Å². The smallest absolute Gasteiger partial charge is 0.268 e. The topological polar surface area (TPSA) is 34.0 Å². The zero-order valence-electron chi connectivity index (χ0n) is 10.4. The highest BCUT2D eigenvalue weighted by Gasteiger charge is 2.14. The molecule has 1 heterocycles. The molecule has 0 unspecified atom stereocenters. The van der Waals surface area contributed by atoms with E-state index in [1.54, 1.807) is 19.2 Å². The minimum absolute atomic E-state index is 0.108. The van der Waals surface area contributed by atoms with Gasteiger partial charge in [0.05, 0.1) is 5.02 Å². The SMILES string of the molecule is CC#CCCNC(=O)c1cc(Cl)cn1C(C)C. The summed E-state index contributed by atoms with van der Waals surface area (Å²) >= 11 is 5.91. The third-order valence-electron chi connectivity index (χ3n) is 2.32. The van der Waals surface area contributed by atoms with Crippen LogP contribution >= 0.6 is 11.6 Å². The van der Waals surface area contributed by atoms with Gasteiger partial charge in [-0.2, -0.15) is 0 Å². The highest BCUT2D eigenvalue weighted by Crippen LogP contribution is 2.18. The summed E-state index contributed by atoms with van der Waals surface area (Å²) in [7, 11) is 0. The van der Waals surface area contributed by atoms with Crippen LogP contribution in [0.4, 0.5) is 0 Å². The zero-order chi connectivity index (χ0) is 12.8. The number of rotatable bonds is 4. The number of halogens is 1. The molecule has 0 saturated carbocycles. The summed E-state index contributed by atoms with van der Waals surface area (Å²) in [6, 6.07) is 1.89. The van der Waals surface area contributed by atoms with Gasteiger partial charge in [-0.25, -0.2) is 0 Å². The number of hydrogen-bond acceptors (Lipinski definition) is 1. The Labute approximate surface area is 107 Å². The molecular weight excluding hydrogens is 236 g/mol. The lowest BCUT2D eigenvalue weighted by atomic mass is 10.3. The van der Waals surface area contributed by atoms with E-state index in [1.165, 1.54) is 0 Å². The Kier molecular flexibility index (Phi) is 5.11. The van der Waals surface area contributed by atoms with E-state index < -0.39 is 0 Å². The molecule has 0 saturated heterocycles. The Balaban J connectivity index is 2.70. The van der Waals surface area contributed by atoms with Crippen LogP contribution in [0.3, 0.4) is 0 Å². The number of aromatic nitrogens is 1. The average molecular weight is 253 g/mol. The van der Waals surface area contributed by atoms with E-state index in [0.717, 1.165) is 0 Å². The van der Waals surface area contributed by atoms with Gasteiger partial charge in [0.2, 0.25) is 0 Å². The Hall–Kier alpha value is -1.40. The number of nitrogens with zero attached hydrogens (tertiary/aromatic N) is 1. The van der Waals surface area contributed by atoms with E-state index in [1.807, 2.05) is 18.4 Å². The number of carbonyl (C=O) groups excluding carboxylic acids is 1. The fourth-order valence-corrected chi connectivity index (χ4v) is 1.72. The van der Waals surface area contributed by atoms with E-state index in [9.17, 15) is 4.79 Å². The van der Waals surface area contributed by atoms with Crippen LogP contribution in [0.25, 0.3) is 0 Å². The molecule has 1 aromatic heterocycles. The lowest BCUT2D eigenvalue weighted by Gasteiger charge is -2.12. The molecule has 4 heteroatoms. The van der Waals surface area contributed by atoms with Crippen molar-refractivity contribution < 1.29 is 4.79 Å². The van der Waals surface area contributed by atoms with Crippen molar-refractivity contribution in [3.05, 3.63) is 23.0 Å². The van der Waals surface area contributed by atoms with Gasteiger partial charge in [0.15, 0.2) is 0 Å². The number of carbonyl (C=O) groups is 1. The minimum Gasteiger partial charge on any atom is -0.350 e. The van der Waals surface area contributed by atoms with Crippen LogP contribution in [0.15, 0.2) is 12.3 Å². The predicted octanol–water partition coefficient (Wildman–Crippen LogP) is 2.87. The summed E-state index contributed by atoms with van der Waals surface area (Å²) in [6.07, 6.45) is 2.44. The van der Waals surface area contributed by atoms with Gasteiger partial charge in [-0.3, -0.25) is 4.79 Å². The van der Waals surface area contributed by atoms with Gasteiger partial charge in [0, 0.05) is 25.2 Å². The van der Waals surface area contributed by atoms with Crippen LogP contribution in [-0.2, 0) is 0 Å². The summed E-state index contributed by atoms with van der Waals surface area (Å²) in [4.78, 5) is 11.9. The lowest BCUT2D eigenvalue weighted by Crippen LogP contribution is -2.27. The molecule has 17 heavy (non-hydrogen) atoms. The van der Waals surface area contributed by atoms with Crippen molar-refractivity contribution in [3.8, 4) is 11.8 Å². The van der Waals surface area contributed by atoms with Crippen molar-refractivity contribution >= 4 is 17.5 Å². The van der Waals surface area contributed by atoms with Crippen LogP contribution in [-0.4, -0.2) is 17.0 Å². The Morgan fingerprint density at radius 1 is 1.59 bits per heavy atom. The lowest BCUT2D eigenvalue weighted by molar-refractivity contribution is 0.0944. The molecule has 0 aliphatic heterocycles. The van der Waals surface area contributed by atoms with Gasteiger partial charge in [-0.05, 0) is 26.8 Å². The second-order valence-corrected chi connectivity index (χ2v) is 4.41. The third kappa shape index (κ3) is 3.83. The maximum absolute atomic E-state index is 11.9. The molecule has 3 nitrogen and oxygen atoms in total. The summed E-state index contributed by atoms with van der Waals surface area (Å²) in [6.45, 7) is 6.36. The van der Waals surface area contributed by atoms with Crippen molar-refractivity contribution in [1.82, 2.24) is 9.88 Å². The normalized spacial score (nSPS) is 9.94. The molecular formula is C13H17ClN2O. The molecule has 0 fully saturated rings.